The van der Waals surface area contributed by atoms with Crippen LogP contribution >= 0.6 is 0 Å². The third-order valence-corrected chi connectivity index (χ3v) is 3.51. The Bertz CT molecular complexity index is 423. The average Bonchev–Trinajstić information content (AvgIpc) is 2.32. The number of halogens is 4. The van der Waals surface area contributed by atoms with Crippen LogP contribution in [0.1, 0.15) is 37.4 Å². The van der Waals surface area contributed by atoms with Gasteiger partial charge < -0.3 is 5.11 Å². The zero-order chi connectivity index (χ0) is 13.3. The summed E-state index contributed by atoms with van der Waals surface area (Å²) in [5.74, 6) is -5.27. The summed E-state index contributed by atoms with van der Waals surface area (Å²) in [5, 5.41) is 9.97. The van der Waals surface area contributed by atoms with Crippen molar-refractivity contribution in [3.8, 4) is 0 Å². The van der Waals surface area contributed by atoms with E-state index in [1.807, 2.05) is 0 Å². The molecule has 1 aromatic rings. The zero-order valence-electron chi connectivity index (χ0n) is 9.67. The van der Waals surface area contributed by atoms with E-state index < -0.39 is 29.6 Å². The number of benzene rings is 1. The first kappa shape index (κ1) is 13.3. The predicted molar refractivity (Wildman–Crippen MR) is 58.2 cm³/mol. The lowest BCUT2D eigenvalue weighted by molar-refractivity contribution is -0.0631. The van der Waals surface area contributed by atoms with Gasteiger partial charge >= 0.3 is 0 Å². The van der Waals surface area contributed by atoms with Crippen molar-refractivity contribution >= 4 is 0 Å². The summed E-state index contributed by atoms with van der Waals surface area (Å²) in [6, 6.07) is 3.55. The summed E-state index contributed by atoms with van der Waals surface area (Å²) >= 11 is 0. The molecule has 1 aliphatic carbocycles. The monoisotopic (exact) mass is 262 g/mol. The van der Waals surface area contributed by atoms with Gasteiger partial charge in [0, 0.05) is 18.4 Å². The molecule has 0 aromatic heterocycles. The van der Waals surface area contributed by atoms with Gasteiger partial charge in [-0.1, -0.05) is 12.1 Å². The summed E-state index contributed by atoms with van der Waals surface area (Å²) in [6.07, 6.45) is -1.62. The Labute approximate surface area is 102 Å². The van der Waals surface area contributed by atoms with Gasteiger partial charge in [-0.2, -0.15) is 0 Å². The highest BCUT2D eigenvalue weighted by atomic mass is 19.3. The van der Waals surface area contributed by atoms with Crippen LogP contribution in [0.25, 0.3) is 0 Å². The maximum absolute atomic E-state index is 13.5. The second-order valence-electron chi connectivity index (χ2n) is 4.78. The molecule has 1 aliphatic rings. The molecular formula is C13H14F4O. The maximum atomic E-state index is 13.5. The average molecular weight is 262 g/mol. The van der Waals surface area contributed by atoms with Crippen molar-refractivity contribution in [1.29, 1.82) is 0 Å². The van der Waals surface area contributed by atoms with Crippen LogP contribution in [0.15, 0.2) is 18.2 Å². The molecule has 0 aliphatic heterocycles. The van der Waals surface area contributed by atoms with Crippen LogP contribution in [0.4, 0.5) is 17.6 Å². The number of hydrogen-bond acceptors (Lipinski definition) is 1. The second kappa shape index (κ2) is 4.88. The standard InChI is InChI=1S/C13H14F4O/c14-10-3-1-2-9(11(10)15)12(18)8-4-6-13(16,17)7-5-8/h1-3,8,12,18H,4-7H2. The van der Waals surface area contributed by atoms with Gasteiger partial charge in [0.05, 0.1) is 6.10 Å². The third kappa shape index (κ3) is 2.66. The minimum absolute atomic E-state index is 0.115. The molecule has 5 heteroatoms. The fraction of sp³-hybridized carbons (Fsp3) is 0.538. The van der Waals surface area contributed by atoms with E-state index in [2.05, 4.69) is 0 Å². The van der Waals surface area contributed by atoms with Crippen molar-refractivity contribution in [3.63, 3.8) is 0 Å². The van der Waals surface area contributed by atoms with Crippen molar-refractivity contribution in [3.05, 3.63) is 35.4 Å². The van der Waals surface area contributed by atoms with Gasteiger partial charge in [0.1, 0.15) is 0 Å². The number of aliphatic hydroxyl groups excluding tert-OH is 1. The molecule has 1 aromatic carbocycles. The van der Waals surface area contributed by atoms with E-state index >= 15 is 0 Å². The van der Waals surface area contributed by atoms with Crippen LogP contribution in [0.2, 0.25) is 0 Å². The molecule has 0 bridgehead atoms. The molecule has 18 heavy (non-hydrogen) atoms. The SMILES string of the molecule is OC(c1cccc(F)c1F)C1CCC(F)(F)CC1. The van der Waals surface area contributed by atoms with Crippen LogP contribution in [-0.2, 0) is 0 Å². The lowest BCUT2D eigenvalue weighted by atomic mass is 9.81. The minimum atomic E-state index is -2.70. The third-order valence-electron chi connectivity index (χ3n) is 3.51. The lowest BCUT2D eigenvalue weighted by Crippen LogP contribution is -2.28. The fourth-order valence-corrected chi connectivity index (χ4v) is 2.38. The van der Waals surface area contributed by atoms with Crippen LogP contribution in [0, 0.1) is 17.6 Å². The Balaban J connectivity index is 2.12. The molecule has 1 nitrogen and oxygen atoms in total. The molecule has 0 spiro atoms. The van der Waals surface area contributed by atoms with E-state index in [9.17, 15) is 22.7 Å². The Hall–Kier alpha value is -1.10. The Morgan fingerprint density at radius 2 is 1.78 bits per heavy atom. The number of hydrogen-bond donors (Lipinski definition) is 1. The molecule has 1 fully saturated rings. The Morgan fingerprint density at radius 1 is 1.17 bits per heavy atom. The normalized spacial score (nSPS) is 21.8. The summed E-state index contributed by atoms with van der Waals surface area (Å²) in [5.41, 5.74) is -0.148. The van der Waals surface area contributed by atoms with E-state index in [1.54, 1.807) is 0 Å². The minimum Gasteiger partial charge on any atom is -0.388 e. The fourth-order valence-electron chi connectivity index (χ4n) is 2.38. The van der Waals surface area contributed by atoms with Crippen molar-refractivity contribution in [2.45, 2.75) is 37.7 Å². The van der Waals surface area contributed by atoms with E-state index in [1.165, 1.54) is 12.1 Å². The summed E-state index contributed by atoms with van der Waals surface area (Å²) in [7, 11) is 0. The number of aliphatic hydroxyl groups is 1. The van der Waals surface area contributed by atoms with Gasteiger partial charge in [-0.15, -0.1) is 0 Å². The molecule has 0 heterocycles. The molecule has 0 radical (unpaired) electrons. The molecule has 1 unspecified atom stereocenters. The second-order valence-corrected chi connectivity index (χ2v) is 4.78. The molecule has 1 atom stereocenters. The van der Waals surface area contributed by atoms with Gasteiger partial charge in [-0.25, -0.2) is 17.6 Å². The first-order valence-electron chi connectivity index (χ1n) is 5.90. The topological polar surface area (TPSA) is 20.2 Å². The Morgan fingerprint density at radius 3 is 2.39 bits per heavy atom. The van der Waals surface area contributed by atoms with Crippen LogP contribution in [-0.4, -0.2) is 11.0 Å². The van der Waals surface area contributed by atoms with E-state index in [0.29, 0.717) is 0 Å². The van der Waals surface area contributed by atoms with Crippen molar-refractivity contribution in [2.24, 2.45) is 5.92 Å². The smallest absolute Gasteiger partial charge is 0.248 e. The lowest BCUT2D eigenvalue weighted by Gasteiger charge is -2.31. The molecule has 1 saturated carbocycles. The molecule has 100 valence electrons. The van der Waals surface area contributed by atoms with Crippen molar-refractivity contribution in [2.75, 3.05) is 0 Å². The highest BCUT2D eigenvalue weighted by Crippen LogP contribution is 2.41. The zero-order valence-corrected chi connectivity index (χ0v) is 9.67. The highest BCUT2D eigenvalue weighted by Gasteiger charge is 2.38. The highest BCUT2D eigenvalue weighted by molar-refractivity contribution is 5.22. The first-order chi connectivity index (χ1) is 8.41. The van der Waals surface area contributed by atoms with Crippen LogP contribution < -0.4 is 0 Å². The summed E-state index contributed by atoms with van der Waals surface area (Å²) in [6.45, 7) is 0. The van der Waals surface area contributed by atoms with E-state index in [4.69, 9.17) is 0 Å². The largest absolute Gasteiger partial charge is 0.388 e. The Kier molecular flexibility index (Phi) is 3.61. The predicted octanol–water partition coefficient (Wildman–Crippen LogP) is 3.82. The number of alkyl halides is 2. The molecule has 1 N–H and O–H groups in total. The van der Waals surface area contributed by atoms with Gasteiger partial charge in [-0.05, 0) is 24.8 Å². The molecule has 2 rings (SSSR count). The van der Waals surface area contributed by atoms with Crippen molar-refractivity contribution < 1.29 is 22.7 Å². The number of rotatable bonds is 2. The molecule has 0 amide bonds. The summed E-state index contributed by atoms with van der Waals surface area (Å²) in [4.78, 5) is 0. The van der Waals surface area contributed by atoms with E-state index in [-0.39, 0.29) is 31.2 Å². The molecular weight excluding hydrogens is 248 g/mol. The van der Waals surface area contributed by atoms with Crippen LogP contribution in [0.3, 0.4) is 0 Å². The van der Waals surface area contributed by atoms with Gasteiger partial charge in [0.15, 0.2) is 11.6 Å². The van der Waals surface area contributed by atoms with Crippen molar-refractivity contribution in [1.82, 2.24) is 0 Å². The van der Waals surface area contributed by atoms with Crippen LogP contribution in [0.5, 0.6) is 0 Å². The van der Waals surface area contributed by atoms with Gasteiger partial charge in [-0.3, -0.25) is 0 Å². The van der Waals surface area contributed by atoms with Gasteiger partial charge in [0.2, 0.25) is 5.92 Å². The first-order valence-corrected chi connectivity index (χ1v) is 5.90. The molecule has 0 saturated heterocycles. The quantitative estimate of drug-likeness (QED) is 0.803. The maximum Gasteiger partial charge on any atom is 0.248 e. The summed E-state index contributed by atoms with van der Waals surface area (Å²) < 4.78 is 52.4. The van der Waals surface area contributed by atoms with Gasteiger partial charge in [0.25, 0.3) is 0 Å². The van der Waals surface area contributed by atoms with E-state index in [0.717, 1.165) is 6.07 Å².